The number of amides is 1. The number of para-hydroxylation sites is 1. The third kappa shape index (κ3) is 3.88. The maximum Gasteiger partial charge on any atom is 0.224 e. The second-order valence-electron chi connectivity index (χ2n) is 6.15. The molecule has 2 unspecified atom stereocenters. The zero-order valence-electron chi connectivity index (χ0n) is 14.4. The van der Waals surface area contributed by atoms with Gasteiger partial charge in [-0.05, 0) is 24.6 Å². The van der Waals surface area contributed by atoms with Crippen LogP contribution in [0.2, 0.25) is 0 Å². The van der Waals surface area contributed by atoms with Crippen molar-refractivity contribution in [2.75, 3.05) is 5.32 Å². The Morgan fingerprint density at radius 3 is 2.60 bits per heavy atom. The van der Waals surface area contributed by atoms with Gasteiger partial charge in [0.15, 0.2) is 0 Å². The van der Waals surface area contributed by atoms with Crippen LogP contribution in [0.5, 0.6) is 0 Å². The van der Waals surface area contributed by atoms with Crippen molar-refractivity contribution in [2.45, 2.75) is 20.0 Å². The molecule has 0 fully saturated rings. The molecule has 0 saturated carbocycles. The molecule has 4 N–H and O–H groups in total. The first-order valence-corrected chi connectivity index (χ1v) is 8.28. The van der Waals surface area contributed by atoms with Crippen molar-refractivity contribution in [3.8, 4) is 0 Å². The molecule has 0 bridgehead atoms. The Labute approximate surface area is 147 Å². The van der Waals surface area contributed by atoms with E-state index in [4.69, 9.17) is 10.7 Å². The number of hydrogen-bond donors (Lipinski definition) is 3. The van der Waals surface area contributed by atoms with Gasteiger partial charge in [0.1, 0.15) is 12.0 Å². The Morgan fingerprint density at radius 1 is 1.20 bits per heavy atom. The second-order valence-corrected chi connectivity index (χ2v) is 6.15. The first-order valence-electron chi connectivity index (χ1n) is 8.28. The number of allylic oxidation sites excluding steroid dienone is 1. The molecule has 25 heavy (non-hydrogen) atoms. The summed E-state index contributed by atoms with van der Waals surface area (Å²) in [6.45, 7) is 3.68. The van der Waals surface area contributed by atoms with Crippen molar-refractivity contribution in [2.24, 2.45) is 16.6 Å². The predicted molar refractivity (Wildman–Crippen MR) is 101 cm³/mol. The van der Waals surface area contributed by atoms with Crippen molar-refractivity contribution in [1.29, 1.82) is 0 Å². The normalized spacial score (nSPS) is 17.8. The van der Waals surface area contributed by atoms with E-state index in [1.807, 2.05) is 67.6 Å². The number of nitrogens with one attached hydrogen (secondary N) is 2. The summed E-state index contributed by atoms with van der Waals surface area (Å²) in [5, 5.41) is 6.78. The van der Waals surface area contributed by atoms with E-state index in [1.54, 1.807) is 6.92 Å². The monoisotopic (exact) mass is 334 g/mol. The summed E-state index contributed by atoms with van der Waals surface area (Å²) in [6, 6.07) is 18.1. The fourth-order valence-electron chi connectivity index (χ4n) is 2.77. The maximum absolute atomic E-state index is 11.3. The number of rotatable bonds is 4. The SMILES string of the molecule is C/C(=C\C(C)C(N)=O)NC1=NC(c2ccccc2)Nc2ccccc21. The fourth-order valence-corrected chi connectivity index (χ4v) is 2.77. The van der Waals surface area contributed by atoms with Crippen LogP contribution in [0, 0.1) is 5.92 Å². The lowest BCUT2D eigenvalue weighted by Crippen LogP contribution is -2.30. The first-order chi connectivity index (χ1) is 12.0. The molecular weight excluding hydrogens is 312 g/mol. The van der Waals surface area contributed by atoms with Gasteiger partial charge in [-0.15, -0.1) is 0 Å². The van der Waals surface area contributed by atoms with Gasteiger partial charge in [-0.3, -0.25) is 4.79 Å². The Kier molecular flexibility index (Phi) is 4.84. The van der Waals surface area contributed by atoms with E-state index in [1.165, 1.54) is 0 Å². The van der Waals surface area contributed by atoms with E-state index in [0.29, 0.717) is 0 Å². The zero-order chi connectivity index (χ0) is 17.8. The summed E-state index contributed by atoms with van der Waals surface area (Å²) >= 11 is 0. The number of benzene rings is 2. The number of nitrogens with zero attached hydrogens (tertiary/aromatic N) is 1. The molecule has 0 aromatic heterocycles. The molecule has 1 aliphatic heterocycles. The van der Waals surface area contributed by atoms with Crippen LogP contribution < -0.4 is 16.4 Å². The molecule has 0 saturated heterocycles. The Balaban J connectivity index is 1.93. The van der Waals surface area contributed by atoms with Crippen molar-refractivity contribution in [1.82, 2.24) is 5.32 Å². The van der Waals surface area contributed by atoms with Crippen LogP contribution in [0.1, 0.15) is 31.1 Å². The number of carbonyl (C=O) groups is 1. The molecule has 0 radical (unpaired) electrons. The lowest BCUT2D eigenvalue weighted by molar-refractivity contribution is -0.120. The van der Waals surface area contributed by atoms with Crippen LogP contribution >= 0.6 is 0 Å². The molecule has 5 nitrogen and oxygen atoms in total. The number of amidine groups is 1. The van der Waals surface area contributed by atoms with Gasteiger partial charge in [-0.2, -0.15) is 0 Å². The lowest BCUT2D eigenvalue weighted by Gasteiger charge is -2.26. The summed E-state index contributed by atoms with van der Waals surface area (Å²) in [7, 11) is 0. The number of nitrogens with two attached hydrogens (primary N) is 1. The first kappa shape index (κ1) is 16.8. The average Bonchev–Trinajstić information content (AvgIpc) is 2.62. The number of fused-ring (bicyclic) bond motifs is 1. The van der Waals surface area contributed by atoms with Crippen LogP contribution in [0.4, 0.5) is 5.69 Å². The van der Waals surface area contributed by atoms with E-state index < -0.39 is 0 Å². The van der Waals surface area contributed by atoms with Gasteiger partial charge >= 0.3 is 0 Å². The minimum Gasteiger partial charge on any atom is -0.369 e. The average molecular weight is 334 g/mol. The van der Waals surface area contributed by atoms with Crippen LogP contribution in [0.25, 0.3) is 0 Å². The Morgan fingerprint density at radius 2 is 1.88 bits per heavy atom. The molecule has 2 atom stereocenters. The van der Waals surface area contributed by atoms with E-state index in [9.17, 15) is 4.79 Å². The highest BCUT2D eigenvalue weighted by atomic mass is 16.1. The maximum atomic E-state index is 11.3. The summed E-state index contributed by atoms with van der Waals surface area (Å²) in [6.07, 6.45) is 1.65. The van der Waals surface area contributed by atoms with Gasteiger partial charge in [-0.1, -0.05) is 55.5 Å². The predicted octanol–water partition coefficient (Wildman–Crippen LogP) is 3.17. The van der Waals surface area contributed by atoms with Crippen molar-refractivity contribution in [3.05, 3.63) is 77.5 Å². The lowest BCUT2D eigenvalue weighted by atomic mass is 10.1. The number of carbonyl (C=O) groups excluding carboxylic acids is 1. The van der Waals surface area contributed by atoms with Gasteiger partial charge < -0.3 is 16.4 Å². The molecule has 5 heteroatoms. The molecular formula is C20H22N4O. The summed E-state index contributed by atoms with van der Waals surface area (Å²) < 4.78 is 0. The van der Waals surface area contributed by atoms with Crippen LogP contribution in [-0.2, 0) is 4.79 Å². The smallest absolute Gasteiger partial charge is 0.224 e. The Hall–Kier alpha value is -3.08. The standard InChI is InChI=1S/C20H22N4O/c1-13(18(21)25)12-14(2)22-20-16-10-6-7-11-17(16)23-19(24-20)15-8-4-3-5-9-15/h3-13,19,23H,1-2H3,(H2,21,25)(H,22,24)/b14-12+. The van der Waals surface area contributed by atoms with Crippen molar-refractivity contribution in [3.63, 3.8) is 0 Å². The minimum atomic E-state index is -0.351. The molecule has 1 heterocycles. The third-order valence-electron chi connectivity index (χ3n) is 4.11. The number of aliphatic imine (C=N–C) groups is 1. The van der Waals surface area contributed by atoms with Gasteiger partial charge in [-0.25, -0.2) is 4.99 Å². The highest BCUT2D eigenvalue weighted by Crippen LogP contribution is 2.29. The molecule has 2 aromatic rings. The summed E-state index contributed by atoms with van der Waals surface area (Å²) in [5.74, 6) is 0.0829. The quantitative estimate of drug-likeness (QED) is 0.803. The van der Waals surface area contributed by atoms with Crippen molar-refractivity contribution < 1.29 is 4.79 Å². The van der Waals surface area contributed by atoms with Gasteiger partial charge in [0, 0.05) is 16.9 Å². The second kappa shape index (κ2) is 7.21. The van der Waals surface area contributed by atoms with E-state index in [0.717, 1.165) is 28.3 Å². The zero-order valence-corrected chi connectivity index (χ0v) is 14.4. The number of anilines is 1. The third-order valence-corrected chi connectivity index (χ3v) is 4.11. The van der Waals surface area contributed by atoms with Crippen molar-refractivity contribution >= 4 is 17.4 Å². The summed E-state index contributed by atoms with van der Waals surface area (Å²) in [4.78, 5) is 16.1. The van der Waals surface area contributed by atoms with Gasteiger partial charge in [0.05, 0.1) is 5.92 Å². The minimum absolute atomic E-state index is 0.167. The van der Waals surface area contributed by atoms with Crippen LogP contribution in [0.15, 0.2) is 71.4 Å². The molecule has 3 rings (SSSR count). The fraction of sp³-hybridized carbons (Fsp3) is 0.200. The molecule has 0 aliphatic carbocycles. The highest BCUT2D eigenvalue weighted by Gasteiger charge is 2.21. The van der Waals surface area contributed by atoms with E-state index in [2.05, 4.69) is 10.6 Å². The highest BCUT2D eigenvalue weighted by molar-refractivity contribution is 6.05. The van der Waals surface area contributed by atoms with Crippen LogP contribution in [0.3, 0.4) is 0 Å². The Bertz CT molecular complexity index is 827. The van der Waals surface area contributed by atoms with Gasteiger partial charge in [0.25, 0.3) is 0 Å². The van der Waals surface area contributed by atoms with E-state index >= 15 is 0 Å². The number of hydrogen-bond acceptors (Lipinski definition) is 4. The van der Waals surface area contributed by atoms with E-state index in [-0.39, 0.29) is 18.0 Å². The number of primary amides is 1. The largest absolute Gasteiger partial charge is 0.369 e. The molecule has 0 spiro atoms. The molecule has 1 amide bonds. The van der Waals surface area contributed by atoms with Crippen LogP contribution in [-0.4, -0.2) is 11.7 Å². The topological polar surface area (TPSA) is 79.5 Å². The molecule has 128 valence electrons. The molecule has 2 aromatic carbocycles. The molecule has 1 aliphatic rings. The summed E-state index contributed by atoms with van der Waals surface area (Å²) in [5.41, 5.74) is 9.28. The van der Waals surface area contributed by atoms with Gasteiger partial charge in [0.2, 0.25) is 5.91 Å².